The van der Waals surface area contributed by atoms with E-state index >= 15 is 0 Å². The number of halogens is 1. The minimum atomic E-state index is -1.07. The van der Waals surface area contributed by atoms with Crippen LogP contribution in [0.4, 0.5) is 0 Å². The Bertz CT molecular complexity index is 824. The van der Waals surface area contributed by atoms with Gasteiger partial charge in [-0.3, -0.25) is 9.59 Å². The molecule has 1 aromatic heterocycles. The Labute approximate surface area is 195 Å². The van der Waals surface area contributed by atoms with E-state index in [0.29, 0.717) is 19.0 Å². The predicted molar refractivity (Wildman–Crippen MR) is 123 cm³/mol. The van der Waals surface area contributed by atoms with Crippen molar-refractivity contribution in [2.24, 2.45) is 5.73 Å². The summed E-state index contributed by atoms with van der Waals surface area (Å²) in [6.45, 7) is 6.77. The van der Waals surface area contributed by atoms with E-state index < -0.39 is 11.6 Å². The van der Waals surface area contributed by atoms with Gasteiger partial charge >= 0.3 is 0 Å². The molecule has 178 valence electrons. The summed E-state index contributed by atoms with van der Waals surface area (Å²) >= 11 is 0. The molecule has 0 bridgehead atoms. The Hall–Kier alpha value is -2.56. The SMILES string of the molecule is CCCCNC(=O)CCn1nnnc1[C@@H](COCc1ccccc1)NC(=O)C(C)(C)N.Cl. The molecule has 0 saturated carbocycles. The lowest BCUT2D eigenvalue weighted by Gasteiger charge is -2.23. The molecule has 1 heterocycles. The highest BCUT2D eigenvalue weighted by molar-refractivity contribution is 5.85. The van der Waals surface area contributed by atoms with Crippen molar-refractivity contribution in [3.63, 3.8) is 0 Å². The third-order valence-corrected chi connectivity index (χ3v) is 4.56. The van der Waals surface area contributed by atoms with Crippen molar-refractivity contribution in [1.29, 1.82) is 0 Å². The van der Waals surface area contributed by atoms with Gasteiger partial charge in [-0.2, -0.15) is 0 Å². The number of carbonyl (C=O) groups excluding carboxylic acids is 2. The fourth-order valence-corrected chi connectivity index (χ4v) is 2.71. The summed E-state index contributed by atoms with van der Waals surface area (Å²) in [5.74, 6) is -0.0152. The molecule has 1 aromatic carbocycles. The molecule has 11 heteroatoms. The molecule has 0 saturated heterocycles. The summed E-state index contributed by atoms with van der Waals surface area (Å²) in [7, 11) is 0. The second kappa shape index (κ2) is 13.8. The Morgan fingerprint density at radius 1 is 1.25 bits per heavy atom. The van der Waals surface area contributed by atoms with E-state index in [2.05, 4.69) is 33.1 Å². The van der Waals surface area contributed by atoms with Gasteiger partial charge in [0.15, 0.2) is 5.82 Å². The van der Waals surface area contributed by atoms with Crippen molar-refractivity contribution in [3.05, 3.63) is 41.7 Å². The molecule has 1 atom stereocenters. The molecular formula is C21H34ClN7O3. The highest BCUT2D eigenvalue weighted by atomic mass is 35.5. The number of benzene rings is 1. The van der Waals surface area contributed by atoms with Crippen LogP contribution in [0.15, 0.2) is 30.3 Å². The van der Waals surface area contributed by atoms with Crippen LogP contribution >= 0.6 is 12.4 Å². The first-order valence-corrected chi connectivity index (χ1v) is 10.6. The fourth-order valence-electron chi connectivity index (χ4n) is 2.71. The largest absolute Gasteiger partial charge is 0.374 e. The molecule has 0 radical (unpaired) electrons. The summed E-state index contributed by atoms with van der Waals surface area (Å²) in [4.78, 5) is 24.5. The number of hydrogen-bond donors (Lipinski definition) is 3. The van der Waals surface area contributed by atoms with Crippen LogP contribution < -0.4 is 16.4 Å². The average molecular weight is 468 g/mol. The van der Waals surface area contributed by atoms with Crippen molar-refractivity contribution in [3.8, 4) is 0 Å². The Kier molecular flexibility index (Phi) is 11.8. The number of amides is 2. The van der Waals surface area contributed by atoms with Crippen LogP contribution in [0.2, 0.25) is 0 Å². The molecule has 2 aromatic rings. The third-order valence-electron chi connectivity index (χ3n) is 4.56. The van der Waals surface area contributed by atoms with E-state index in [4.69, 9.17) is 10.5 Å². The number of nitrogens with two attached hydrogens (primary N) is 1. The summed E-state index contributed by atoms with van der Waals surface area (Å²) in [5.41, 5.74) is 5.87. The molecule has 0 fully saturated rings. The first-order valence-electron chi connectivity index (χ1n) is 10.6. The quantitative estimate of drug-likeness (QED) is 0.379. The van der Waals surface area contributed by atoms with Crippen molar-refractivity contribution in [1.82, 2.24) is 30.8 Å². The van der Waals surface area contributed by atoms with Gasteiger partial charge in [-0.15, -0.1) is 17.5 Å². The van der Waals surface area contributed by atoms with Gasteiger partial charge in [0.1, 0.15) is 6.04 Å². The van der Waals surface area contributed by atoms with Gasteiger partial charge in [0.05, 0.1) is 25.3 Å². The summed E-state index contributed by atoms with van der Waals surface area (Å²) in [6.07, 6.45) is 2.18. The van der Waals surface area contributed by atoms with Gasteiger partial charge in [-0.1, -0.05) is 43.7 Å². The normalized spacial score (nSPS) is 12.0. The lowest BCUT2D eigenvalue weighted by molar-refractivity contribution is -0.126. The number of aryl methyl sites for hydroxylation is 1. The second-order valence-corrected chi connectivity index (χ2v) is 7.96. The van der Waals surface area contributed by atoms with E-state index in [1.807, 2.05) is 30.3 Å². The summed E-state index contributed by atoms with van der Waals surface area (Å²) in [6, 6.07) is 9.09. The minimum Gasteiger partial charge on any atom is -0.374 e. The van der Waals surface area contributed by atoms with Gasteiger partial charge in [0, 0.05) is 13.0 Å². The van der Waals surface area contributed by atoms with E-state index in [9.17, 15) is 9.59 Å². The lowest BCUT2D eigenvalue weighted by atomic mass is 10.1. The van der Waals surface area contributed by atoms with Crippen LogP contribution in [0.3, 0.4) is 0 Å². The molecular weight excluding hydrogens is 434 g/mol. The number of rotatable bonds is 13. The predicted octanol–water partition coefficient (Wildman–Crippen LogP) is 1.51. The van der Waals surface area contributed by atoms with E-state index in [-0.39, 0.29) is 43.8 Å². The van der Waals surface area contributed by atoms with Gasteiger partial charge in [-0.05, 0) is 36.3 Å². The smallest absolute Gasteiger partial charge is 0.240 e. The Morgan fingerprint density at radius 2 is 1.97 bits per heavy atom. The van der Waals surface area contributed by atoms with E-state index in [1.165, 1.54) is 4.68 Å². The molecule has 10 nitrogen and oxygen atoms in total. The van der Waals surface area contributed by atoms with Gasteiger partial charge in [-0.25, -0.2) is 4.68 Å². The molecule has 4 N–H and O–H groups in total. The molecule has 0 aliphatic rings. The van der Waals surface area contributed by atoms with Crippen LogP contribution in [0.1, 0.15) is 57.5 Å². The second-order valence-electron chi connectivity index (χ2n) is 7.96. The zero-order valence-electron chi connectivity index (χ0n) is 18.9. The molecule has 0 unspecified atom stereocenters. The topological polar surface area (TPSA) is 137 Å². The number of ether oxygens (including phenoxy) is 1. The Balaban J connectivity index is 0.00000512. The first kappa shape index (κ1) is 27.5. The number of aromatic nitrogens is 4. The molecule has 2 amide bonds. The number of tetrazole rings is 1. The zero-order valence-corrected chi connectivity index (χ0v) is 19.7. The fraction of sp³-hybridized carbons (Fsp3) is 0.571. The highest BCUT2D eigenvalue weighted by Gasteiger charge is 2.28. The molecule has 0 spiro atoms. The van der Waals surface area contributed by atoms with E-state index in [1.54, 1.807) is 13.8 Å². The molecule has 2 rings (SSSR count). The average Bonchev–Trinajstić information content (AvgIpc) is 3.20. The van der Waals surface area contributed by atoms with Crippen LogP contribution in [0.25, 0.3) is 0 Å². The van der Waals surface area contributed by atoms with Gasteiger partial charge < -0.3 is 21.1 Å². The first-order chi connectivity index (χ1) is 14.8. The van der Waals surface area contributed by atoms with E-state index in [0.717, 1.165) is 18.4 Å². The maximum Gasteiger partial charge on any atom is 0.240 e. The Morgan fingerprint density at radius 3 is 2.62 bits per heavy atom. The van der Waals surface area contributed by atoms with Crippen molar-refractivity contribution in [2.75, 3.05) is 13.2 Å². The van der Waals surface area contributed by atoms with Crippen LogP contribution in [-0.2, 0) is 27.5 Å². The van der Waals surface area contributed by atoms with Crippen molar-refractivity contribution < 1.29 is 14.3 Å². The maximum atomic E-state index is 12.5. The highest BCUT2D eigenvalue weighted by Crippen LogP contribution is 2.13. The molecule has 0 aliphatic carbocycles. The number of unbranched alkanes of at least 4 members (excludes halogenated alkanes) is 1. The number of hydrogen-bond acceptors (Lipinski definition) is 7. The van der Waals surface area contributed by atoms with Crippen LogP contribution in [0, 0.1) is 0 Å². The summed E-state index contributed by atoms with van der Waals surface area (Å²) in [5, 5.41) is 17.5. The number of carbonyl (C=O) groups is 2. The molecule has 0 aliphatic heterocycles. The third kappa shape index (κ3) is 9.29. The van der Waals surface area contributed by atoms with Crippen molar-refractivity contribution in [2.45, 2.75) is 64.8 Å². The van der Waals surface area contributed by atoms with Crippen LogP contribution in [0.5, 0.6) is 0 Å². The van der Waals surface area contributed by atoms with Gasteiger partial charge in [0.25, 0.3) is 0 Å². The maximum absolute atomic E-state index is 12.5. The van der Waals surface area contributed by atoms with Gasteiger partial charge in [0.2, 0.25) is 11.8 Å². The molecule has 32 heavy (non-hydrogen) atoms. The monoisotopic (exact) mass is 467 g/mol. The standard InChI is InChI=1S/C21H33N7O3.ClH/c1-4-5-12-23-18(29)11-13-28-19(25-26-27-28)17(24-20(30)21(2,3)22)15-31-14-16-9-7-6-8-10-16;/h6-10,17H,4-5,11-15,22H2,1-3H3,(H,23,29)(H,24,30);1H/t17-;/m1./s1. The minimum absolute atomic E-state index is 0. The zero-order chi connectivity index (χ0) is 22.7. The lowest BCUT2D eigenvalue weighted by Crippen LogP contribution is -2.51. The number of nitrogens with one attached hydrogen (secondary N) is 2. The number of nitrogens with zero attached hydrogens (tertiary/aromatic N) is 4. The van der Waals surface area contributed by atoms with Crippen molar-refractivity contribution >= 4 is 24.2 Å². The van der Waals surface area contributed by atoms with Crippen LogP contribution in [-0.4, -0.2) is 50.7 Å². The summed E-state index contributed by atoms with van der Waals surface area (Å²) < 4.78 is 7.34.